The number of nitrogens with one attached hydrogen (secondary N) is 1. The second-order valence-corrected chi connectivity index (χ2v) is 9.62. The minimum Gasteiger partial charge on any atom is -0.340 e. The lowest BCUT2D eigenvalue weighted by molar-refractivity contribution is -0.132. The van der Waals surface area contributed by atoms with Crippen molar-refractivity contribution in [1.29, 1.82) is 0 Å². The van der Waals surface area contributed by atoms with Crippen molar-refractivity contribution in [2.45, 2.75) is 30.3 Å². The topological polar surface area (TPSA) is 69.7 Å². The maximum Gasteiger partial charge on any atom is 0.240 e. The van der Waals surface area contributed by atoms with Crippen LogP contribution < -0.4 is 4.72 Å². The van der Waals surface area contributed by atoms with Gasteiger partial charge < -0.3 is 4.90 Å². The van der Waals surface area contributed by atoms with E-state index < -0.39 is 10.0 Å². The van der Waals surface area contributed by atoms with Gasteiger partial charge in [-0.15, -0.1) is 0 Å². The molecule has 0 spiro atoms. The monoisotopic (exact) mass is 453 g/mol. The fraction of sp³-hybridized carbons (Fsp3) is 0.381. The van der Waals surface area contributed by atoms with Crippen molar-refractivity contribution in [2.24, 2.45) is 0 Å². The number of sulfonamides is 1. The van der Waals surface area contributed by atoms with Gasteiger partial charge in [-0.25, -0.2) is 17.5 Å². The first-order valence-corrected chi connectivity index (χ1v) is 11.6. The van der Waals surface area contributed by atoms with Crippen molar-refractivity contribution in [1.82, 2.24) is 14.5 Å². The molecule has 1 N–H and O–H groups in total. The predicted octanol–water partition coefficient (Wildman–Crippen LogP) is 2.88. The number of nitrogens with zero attached hydrogens (tertiary/aromatic N) is 2. The fourth-order valence-corrected chi connectivity index (χ4v) is 4.82. The lowest BCUT2D eigenvalue weighted by atomic mass is 10.1. The van der Waals surface area contributed by atoms with E-state index in [4.69, 9.17) is 11.6 Å². The van der Waals surface area contributed by atoms with Crippen LogP contribution in [0.4, 0.5) is 4.39 Å². The van der Waals surface area contributed by atoms with Gasteiger partial charge >= 0.3 is 0 Å². The van der Waals surface area contributed by atoms with Crippen LogP contribution in [0.1, 0.15) is 18.4 Å². The molecular formula is C21H25ClFN3O3S. The van der Waals surface area contributed by atoms with Gasteiger partial charge in [0.25, 0.3) is 0 Å². The summed E-state index contributed by atoms with van der Waals surface area (Å²) in [4.78, 5) is 16.2. The van der Waals surface area contributed by atoms with E-state index in [-0.39, 0.29) is 35.8 Å². The third-order valence-corrected chi connectivity index (χ3v) is 6.97. The SMILES string of the molecule is CN(Cc1ccccc1F)C(=O)CN1CCC(NS(=O)(=O)c2ccc(Cl)cc2)CC1. The number of amides is 1. The van der Waals surface area contributed by atoms with Gasteiger partial charge in [-0.2, -0.15) is 0 Å². The summed E-state index contributed by atoms with van der Waals surface area (Å²) in [6, 6.07) is 12.3. The van der Waals surface area contributed by atoms with Crippen molar-refractivity contribution in [3.8, 4) is 0 Å². The highest BCUT2D eigenvalue weighted by atomic mass is 35.5. The van der Waals surface area contributed by atoms with Crippen molar-refractivity contribution in [3.63, 3.8) is 0 Å². The van der Waals surface area contributed by atoms with Crippen LogP contribution in [0.2, 0.25) is 5.02 Å². The van der Waals surface area contributed by atoms with Crippen LogP contribution >= 0.6 is 11.6 Å². The minimum absolute atomic E-state index is 0.0987. The molecule has 162 valence electrons. The molecule has 0 bridgehead atoms. The molecule has 0 aliphatic carbocycles. The van der Waals surface area contributed by atoms with Gasteiger partial charge in [0.15, 0.2) is 0 Å². The van der Waals surface area contributed by atoms with Crippen LogP contribution in [-0.4, -0.2) is 56.8 Å². The van der Waals surface area contributed by atoms with Gasteiger partial charge in [0.1, 0.15) is 5.82 Å². The summed E-state index contributed by atoms with van der Waals surface area (Å²) >= 11 is 5.82. The Balaban J connectivity index is 1.47. The molecule has 1 heterocycles. The van der Waals surface area contributed by atoms with Crippen LogP contribution in [0.25, 0.3) is 0 Å². The molecule has 1 amide bonds. The molecule has 1 fully saturated rings. The fourth-order valence-electron chi connectivity index (χ4n) is 3.39. The van der Waals surface area contributed by atoms with Crippen molar-refractivity contribution in [2.75, 3.05) is 26.7 Å². The van der Waals surface area contributed by atoms with Crippen LogP contribution in [-0.2, 0) is 21.4 Å². The lowest BCUT2D eigenvalue weighted by Gasteiger charge is -2.32. The summed E-state index contributed by atoms with van der Waals surface area (Å²) in [5.41, 5.74) is 0.476. The number of likely N-dealkylation sites (N-methyl/N-ethyl adjacent to an activating group) is 1. The molecule has 30 heavy (non-hydrogen) atoms. The molecule has 1 aliphatic rings. The van der Waals surface area contributed by atoms with E-state index in [9.17, 15) is 17.6 Å². The van der Waals surface area contributed by atoms with Gasteiger partial charge in [0.05, 0.1) is 11.4 Å². The van der Waals surface area contributed by atoms with Crippen molar-refractivity contribution < 1.29 is 17.6 Å². The third-order valence-electron chi connectivity index (χ3n) is 5.18. The minimum atomic E-state index is -3.61. The number of halogens is 2. The molecule has 0 unspecified atom stereocenters. The van der Waals surface area contributed by atoms with E-state index >= 15 is 0 Å². The highest BCUT2D eigenvalue weighted by Gasteiger charge is 2.26. The van der Waals surface area contributed by atoms with Gasteiger partial charge in [0.2, 0.25) is 15.9 Å². The van der Waals surface area contributed by atoms with Gasteiger partial charge in [-0.3, -0.25) is 9.69 Å². The van der Waals surface area contributed by atoms with Crippen molar-refractivity contribution >= 4 is 27.5 Å². The molecule has 1 saturated heterocycles. The molecule has 0 atom stereocenters. The normalized spacial score (nSPS) is 15.8. The highest BCUT2D eigenvalue weighted by Crippen LogP contribution is 2.17. The van der Waals surface area contributed by atoms with E-state index in [0.717, 1.165) is 0 Å². The third kappa shape index (κ3) is 6.01. The van der Waals surface area contributed by atoms with E-state index in [1.807, 2.05) is 4.90 Å². The summed E-state index contributed by atoms with van der Waals surface area (Å²) in [6.07, 6.45) is 1.22. The first-order chi connectivity index (χ1) is 14.2. The standard InChI is InChI=1S/C21H25ClFN3O3S/c1-25(14-16-4-2-3-5-20(16)23)21(27)15-26-12-10-18(11-13-26)24-30(28,29)19-8-6-17(22)7-9-19/h2-9,18,24H,10-15H2,1H3. The average molecular weight is 454 g/mol. The molecule has 2 aromatic carbocycles. The highest BCUT2D eigenvalue weighted by molar-refractivity contribution is 7.89. The average Bonchev–Trinajstić information content (AvgIpc) is 2.71. The first kappa shape index (κ1) is 22.7. The van der Waals surface area contributed by atoms with E-state index in [2.05, 4.69) is 4.72 Å². The summed E-state index contributed by atoms with van der Waals surface area (Å²) in [5.74, 6) is -0.426. The Kier molecular flexibility index (Phi) is 7.46. The Bertz CT molecular complexity index is 977. The quantitative estimate of drug-likeness (QED) is 0.699. The maximum absolute atomic E-state index is 13.8. The summed E-state index contributed by atoms with van der Waals surface area (Å²) < 4.78 is 41.5. The lowest BCUT2D eigenvalue weighted by Crippen LogP contribution is -2.47. The maximum atomic E-state index is 13.8. The van der Waals surface area contributed by atoms with Crippen LogP contribution in [0.5, 0.6) is 0 Å². The van der Waals surface area contributed by atoms with Crippen LogP contribution in [0.15, 0.2) is 53.4 Å². The molecule has 0 saturated carbocycles. The first-order valence-electron chi connectivity index (χ1n) is 9.72. The van der Waals surface area contributed by atoms with Gasteiger partial charge in [-0.05, 0) is 43.2 Å². The molecule has 9 heteroatoms. The van der Waals surface area contributed by atoms with E-state index in [0.29, 0.717) is 36.5 Å². The van der Waals surface area contributed by atoms with E-state index in [1.54, 1.807) is 37.4 Å². The molecule has 6 nitrogen and oxygen atoms in total. The number of likely N-dealkylation sites (tertiary alicyclic amines) is 1. The molecule has 0 aromatic heterocycles. The number of piperidine rings is 1. The Labute approximate surface area is 181 Å². The predicted molar refractivity (Wildman–Crippen MR) is 114 cm³/mol. The number of carbonyl (C=O) groups excluding carboxylic acids is 1. The number of carbonyl (C=O) groups is 1. The Morgan fingerprint density at radius 1 is 1.17 bits per heavy atom. The summed E-state index contributed by atoms with van der Waals surface area (Å²) in [5, 5.41) is 0.479. The zero-order chi connectivity index (χ0) is 21.7. The van der Waals surface area contributed by atoms with Gasteiger partial charge in [-0.1, -0.05) is 29.8 Å². The smallest absolute Gasteiger partial charge is 0.240 e. The Morgan fingerprint density at radius 2 is 1.80 bits per heavy atom. The van der Waals surface area contributed by atoms with E-state index in [1.165, 1.54) is 23.1 Å². The molecule has 3 rings (SSSR count). The van der Waals surface area contributed by atoms with Gasteiger partial charge in [0, 0.05) is 43.3 Å². The number of benzene rings is 2. The van der Waals surface area contributed by atoms with Crippen LogP contribution in [0.3, 0.4) is 0 Å². The number of hydrogen-bond donors (Lipinski definition) is 1. The molecule has 2 aromatic rings. The zero-order valence-electron chi connectivity index (χ0n) is 16.7. The van der Waals surface area contributed by atoms with Crippen molar-refractivity contribution in [3.05, 3.63) is 64.9 Å². The Morgan fingerprint density at radius 3 is 2.43 bits per heavy atom. The summed E-state index contributed by atoms with van der Waals surface area (Å²) in [7, 11) is -1.95. The second-order valence-electron chi connectivity index (χ2n) is 7.47. The molecule has 0 radical (unpaired) electrons. The molecular weight excluding hydrogens is 429 g/mol. The largest absolute Gasteiger partial charge is 0.340 e. The number of rotatable bonds is 7. The second kappa shape index (κ2) is 9.87. The van der Waals surface area contributed by atoms with Crippen LogP contribution in [0, 0.1) is 5.82 Å². The Hall–Kier alpha value is -2.00. The molecule has 1 aliphatic heterocycles. The number of hydrogen-bond acceptors (Lipinski definition) is 4. The summed E-state index contributed by atoms with van der Waals surface area (Å²) in [6.45, 7) is 1.64. The zero-order valence-corrected chi connectivity index (χ0v) is 18.3.